The van der Waals surface area contributed by atoms with Crippen molar-refractivity contribution < 1.29 is 0 Å². The SMILES string of the molecule is c1cc(N2CCCCC2)nc(N2CCCNCC2)n1. The fourth-order valence-corrected chi connectivity index (χ4v) is 2.84. The number of aromatic nitrogens is 2. The highest BCUT2D eigenvalue weighted by atomic mass is 15.3. The molecule has 2 saturated heterocycles. The summed E-state index contributed by atoms with van der Waals surface area (Å²) in [4.78, 5) is 13.9. The minimum absolute atomic E-state index is 0.895. The summed E-state index contributed by atoms with van der Waals surface area (Å²) in [5.74, 6) is 1.99. The molecular formula is C14H23N5. The van der Waals surface area contributed by atoms with Crippen molar-refractivity contribution in [2.75, 3.05) is 49.1 Å². The molecule has 2 fully saturated rings. The van der Waals surface area contributed by atoms with E-state index in [4.69, 9.17) is 4.98 Å². The highest BCUT2D eigenvalue weighted by Gasteiger charge is 2.16. The summed E-state index contributed by atoms with van der Waals surface area (Å²) in [6.07, 6.45) is 6.99. The Morgan fingerprint density at radius 1 is 0.895 bits per heavy atom. The first-order chi connectivity index (χ1) is 9.43. The third-order valence-corrected chi connectivity index (χ3v) is 3.93. The highest BCUT2D eigenvalue weighted by Crippen LogP contribution is 2.19. The Labute approximate surface area is 115 Å². The number of nitrogens with zero attached hydrogens (tertiary/aromatic N) is 4. The normalized spacial score (nSPS) is 21.3. The van der Waals surface area contributed by atoms with Gasteiger partial charge in [-0.2, -0.15) is 4.98 Å². The van der Waals surface area contributed by atoms with E-state index in [1.54, 1.807) is 0 Å². The van der Waals surface area contributed by atoms with E-state index in [0.717, 1.165) is 57.5 Å². The van der Waals surface area contributed by atoms with Crippen LogP contribution in [0.1, 0.15) is 25.7 Å². The van der Waals surface area contributed by atoms with Gasteiger partial charge in [0.2, 0.25) is 5.95 Å². The second kappa shape index (κ2) is 6.19. The molecule has 3 rings (SSSR count). The van der Waals surface area contributed by atoms with Gasteiger partial charge in [0, 0.05) is 38.9 Å². The molecule has 0 unspecified atom stereocenters. The van der Waals surface area contributed by atoms with Crippen LogP contribution in [0.5, 0.6) is 0 Å². The van der Waals surface area contributed by atoms with Crippen LogP contribution in [-0.2, 0) is 0 Å². The molecule has 0 saturated carbocycles. The Bertz CT molecular complexity index is 395. The molecule has 2 aliphatic heterocycles. The van der Waals surface area contributed by atoms with E-state index < -0.39 is 0 Å². The van der Waals surface area contributed by atoms with Gasteiger partial charge in [0.15, 0.2) is 0 Å². The molecule has 0 amide bonds. The van der Waals surface area contributed by atoms with Crippen molar-refractivity contribution in [3.05, 3.63) is 12.3 Å². The largest absolute Gasteiger partial charge is 0.356 e. The molecule has 0 radical (unpaired) electrons. The van der Waals surface area contributed by atoms with Crippen LogP contribution in [0.15, 0.2) is 12.3 Å². The molecule has 19 heavy (non-hydrogen) atoms. The van der Waals surface area contributed by atoms with Crippen molar-refractivity contribution in [2.45, 2.75) is 25.7 Å². The Morgan fingerprint density at radius 2 is 1.74 bits per heavy atom. The van der Waals surface area contributed by atoms with E-state index in [0.29, 0.717) is 0 Å². The zero-order valence-electron chi connectivity index (χ0n) is 11.5. The Hall–Kier alpha value is -1.36. The van der Waals surface area contributed by atoms with Crippen LogP contribution in [0.3, 0.4) is 0 Å². The van der Waals surface area contributed by atoms with Crippen molar-refractivity contribution in [1.82, 2.24) is 15.3 Å². The number of hydrogen-bond acceptors (Lipinski definition) is 5. The van der Waals surface area contributed by atoms with Gasteiger partial charge in [-0.3, -0.25) is 0 Å². The number of rotatable bonds is 2. The predicted octanol–water partition coefficient (Wildman–Crippen LogP) is 1.27. The van der Waals surface area contributed by atoms with Gasteiger partial charge >= 0.3 is 0 Å². The van der Waals surface area contributed by atoms with Crippen molar-refractivity contribution in [3.8, 4) is 0 Å². The first kappa shape index (κ1) is 12.7. The monoisotopic (exact) mass is 261 g/mol. The molecule has 3 heterocycles. The van der Waals surface area contributed by atoms with Crippen LogP contribution in [0.25, 0.3) is 0 Å². The molecule has 1 N–H and O–H groups in total. The van der Waals surface area contributed by atoms with E-state index in [2.05, 4.69) is 20.1 Å². The van der Waals surface area contributed by atoms with Crippen molar-refractivity contribution in [2.24, 2.45) is 0 Å². The molecule has 1 aromatic rings. The third-order valence-electron chi connectivity index (χ3n) is 3.93. The minimum atomic E-state index is 0.895. The van der Waals surface area contributed by atoms with Crippen LogP contribution >= 0.6 is 0 Å². The molecule has 0 spiro atoms. The average molecular weight is 261 g/mol. The van der Waals surface area contributed by atoms with Crippen LogP contribution in [0.2, 0.25) is 0 Å². The lowest BCUT2D eigenvalue weighted by Crippen LogP contribution is -2.32. The molecule has 0 atom stereocenters. The minimum Gasteiger partial charge on any atom is -0.356 e. The molecule has 2 aliphatic rings. The Morgan fingerprint density at radius 3 is 2.63 bits per heavy atom. The van der Waals surface area contributed by atoms with Crippen molar-refractivity contribution >= 4 is 11.8 Å². The summed E-state index contributed by atoms with van der Waals surface area (Å²) in [5, 5.41) is 3.42. The summed E-state index contributed by atoms with van der Waals surface area (Å²) in [7, 11) is 0. The molecular weight excluding hydrogens is 238 g/mol. The highest BCUT2D eigenvalue weighted by molar-refractivity contribution is 5.44. The van der Waals surface area contributed by atoms with Gasteiger partial charge in [0.25, 0.3) is 0 Å². The smallest absolute Gasteiger partial charge is 0.227 e. The van der Waals surface area contributed by atoms with E-state index >= 15 is 0 Å². The van der Waals surface area contributed by atoms with Crippen molar-refractivity contribution in [1.29, 1.82) is 0 Å². The second-order valence-corrected chi connectivity index (χ2v) is 5.35. The van der Waals surface area contributed by atoms with Crippen LogP contribution < -0.4 is 15.1 Å². The Kier molecular flexibility index (Phi) is 4.13. The summed E-state index contributed by atoms with van der Waals surface area (Å²) >= 11 is 0. The maximum Gasteiger partial charge on any atom is 0.227 e. The molecule has 0 aromatic carbocycles. The van der Waals surface area contributed by atoms with Gasteiger partial charge in [-0.1, -0.05) is 0 Å². The fraction of sp³-hybridized carbons (Fsp3) is 0.714. The molecule has 5 heteroatoms. The summed E-state index contributed by atoms with van der Waals surface area (Å²) in [6.45, 7) is 6.45. The van der Waals surface area contributed by atoms with E-state index in [-0.39, 0.29) is 0 Å². The lowest BCUT2D eigenvalue weighted by Gasteiger charge is -2.28. The standard InChI is InChI=1S/C14H23N5/c1-2-9-18(10-3-1)13-5-7-16-14(17-13)19-11-4-6-15-8-12-19/h5,7,15H,1-4,6,8-12H2. The van der Waals surface area contributed by atoms with Gasteiger partial charge in [-0.25, -0.2) is 4.98 Å². The number of anilines is 2. The quantitative estimate of drug-likeness (QED) is 0.868. The van der Waals surface area contributed by atoms with Crippen LogP contribution in [0, 0.1) is 0 Å². The third kappa shape index (κ3) is 3.15. The van der Waals surface area contributed by atoms with Gasteiger partial charge in [0.1, 0.15) is 5.82 Å². The van der Waals surface area contributed by atoms with Gasteiger partial charge < -0.3 is 15.1 Å². The first-order valence-electron chi connectivity index (χ1n) is 7.47. The zero-order valence-corrected chi connectivity index (χ0v) is 11.5. The van der Waals surface area contributed by atoms with Crippen LogP contribution in [-0.4, -0.2) is 49.2 Å². The van der Waals surface area contributed by atoms with E-state index in [9.17, 15) is 0 Å². The molecule has 5 nitrogen and oxygen atoms in total. The molecule has 0 bridgehead atoms. The van der Waals surface area contributed by atoms with E-state index in [1.807, 2.05) is 12.3 Å². The lowest BCUT2D eigenvalue weighted by atomic mass is 10.1. The van der Waals surface area contributed by atoms with Gasteiger partial charge in [0.05, 0.1) is 0 Å². The zero-order chi connectivity index (χ0) is 12.9. The maximum absolute atomic E-state index is 4.77. The fourth-order valence-electron chi connectivity index (χ4n) is 2.84. The molecule has 0 aliphatic carbocycles. The van der Waals surface area contributed by atoms with Gasteiger partial charge in [-0.05, 0) is 38.3 Å². The van der Waals surface area contributed by atoms with Crippen molar-refractivity contribution in [3.63, 3.8) is 0 Å². The van der Waals surface area contributed by atoms with Gasteiger partial charge in [-0.15, -0.1) is 0 Å². The number of piperidine rings is 1. The number of nitrogens with one attached hydrogen (secondary N) is 1. The number of hydrogen-bond donors (Lipinski definition) is 1. The average Bonchev–Trinajstić information content (AvgIpc) is 2.77. The maximum atomic E-state index is 4.77. The lowest BCUT2D eigenvalue weighted by molar-refractivity contribution is 0.572. The topological polar surface area (TPSA) is 44.3 Å². The summed E-state index contributed by atoms with van der Waals surface area (Å²) in [6, 6.07) is 2.05. The summed E-state index contributed by atoms with van der Waals surface area (Å²) < 4.78 is 0. The molecule has 1 aromatic heterocycles. The van der Waals surface area contributed by atoms with E-state index in [1.165, 1.54) is 19.3 Å². The second-order valence-electron chi connectivity index (χ2n) is 5.35. The summed E-state index contributed by atoms with van der Waals surface area (Å²) in [5.41, 5.74) is 0. The first-order valence-corrected chi connectivity index (χ1v) is 7.47. The molecule has 104 valence electrons. The van der Waals surface area contributed by atoms with Crippen LogP contribution in [0.4, 0.5) is 11.8 Å². The Balaban J connectivity index is 1.74. The predicted molar refractivity (Wildman–Crippen MR) is 77.8 cm³/mol.